The normalized spacial score (nSPS) is 12.2. The first-order valence-corrected chi connectivity index (χ1v) is 4.61. The van der Waals surface area contributed by atoms with Crippen LogP contribution in [-0.2, 0) is 11.8 Å². The molecule has 0 saturated carbocycles. The number of nitrogens with zero attached hydrogens (tertiary/aromatic N) is 2. The molecule has 88 valence electrons. The maximum atomic E-state index is 11.5. The van der Waals surface area contributed by atoms with Gasteiger partial charge >= 0.3 is 5.97 Å². The van der Waals surface area contributed by atoms with Crippen LogP contribution in [0.1, 0.15) is 16.1 Å². The minimum atomic E-state index is -1.60. The second-order valence-electron chi connectivity index (χ2n) is 3.37. The van der Waals surface area contributed by atoms with Crippen molar-refractivity contribution in [2.45, 2.75) is 13.0 Å². The number of aryl methyl sites for hydroxylation is 2. The van der Waals surface area contributed by atoms with Crippen LogP contribution in [-0.4, -0.2) is 44.5 Å². The van der Waals surface area contributed by atoms with Crippen LogP contribution in [0.5, 0.6) is 0 Å². The van der Waals surface area contributed by atoms with E-state index in [1.54, 1.807) is 14.0 Å². The number of aliphatic carboxylic acids is 1. The predicted octanol–water partition coefficient (Wildman–Crippen LogP) is -1.10. The number of nitrogens with one attached hydrogen (secondary N) is 1. The van der Waals surface area contributed by atoms with Crippen molar-refractivity contribution in [2.75, 3.05) is 6.54 Å². The van der Waals surface area contributed by atoms with Crippen molar-refractivity contribution in [3.05, 3.63) is 17.5 Å². The molecule has 0 unspecified atom stereocenters. The van der Waals surface area contributed by atoms with Gasteiger partial charge in [-0.25, -0.2) is 4.79 Å². The maximum Gasteiger partial charge on any atom is 0.334 e. The van der Waals surface area contributed by atoms with Crippen molar-refractivity contribution < 1.29 is 19.8 Å². The minimum Gasteiger partial charge on any atom is -0.479 e. The lowest BCUT2D eigenvalue weighted by Gasteiger charge is -2.06. The molecule has 0 aromatic carbocycles. The lowest BCUT2D eigenvalue weighted by atomic mass is 10.2. The topological polar surface area (TPSA) is 104 Å². The Balaban J connectivity index is 2.60. The Morgan fingerprint density at radius 3 is 2.69 bits per heavy atom. The van der Waals surface area contributed by atoms with Crippen LogP contribution in [0.4, 0.5) is 0 Å². The van der Waals surface area contributed by atoms with Gasteiger partial charge in [0.15, 0.2) is 6.10 Å². The third-order valence-corrected chi connectivity index (χ3v) is 2.00. The van der Waals surface area contributed by atoms with Gasteiger partial charge in [-0.2, -0.15) is 5.10 Å². The van der Waals surface area contributed by atoms with E-state index in [1.807, 2.05) is 0 Å². The number of hydrogen-bond acceptors (Lipinski definition) is 4. The molecule has 16 heavy (non-hydrogen) atoms. The summed E-state index contributed by atoms with van der Waals surface area (Å²) >= 11 is 0. The Hall–Kier alpha value is -1.89. The van der Waals surface area contributed by atoms with Crippen LogP contribution in [0.15, 0.2) is 6.20 Å². The number of rotatable bonds is 4. The Morgan fingerprint density at radius 1 is 1.62 bits per heavy atom. The highest BCUT2D eigenvalue weighted by atomic mass is 16.4. The fourth-order valence-electron chi connectivity index (χ4n) is 1.19. The van der Waals surface area contributed by atoms with Gasteiger partial charge in [-0.3, -0.25) is 9.48 Å². The van der Waals surface area contributed by atoms with Gasteiger partial charge < -0.3 is 15.5 Å². The summed E-state index contributed by atoms with van der Waals surface area (Å²) in [4.78, 5) is 21.8. The third-order valence-electron chi connectivity index (χ3n) is 2.00. The zero-order valence-corrected chi connectivity index (χ0v) is 8.97. The molecule has 0 spiro atoms. The van der Waals surface area contributed by atoms with Gasteiger partial charge in [0.1, 0.15) is 0 Å². The van der Waals surface area contributed by atoms with Gasteiger partial charge in [0.25, 0.3) is 5.91 Å². The summed E-state index contributed by atoms with van der Waals surface area (Å²) in [6.07, 6.45) is -0.0708. The van der Waals surface area contributed by atoms with Gasteiger partial charge in [-0.05, 0) is 6.92 Å². The molecule has 1 heterocycles. The molecule has 0 radical (unpaired) electrons. The number of hydrogen-bond donors (Lipinski definition) is 3. The first-order chi connectivity index (χ1) is 7.41. The standard InChI is InChI=1S/C9H13N3O4/c1-5-6(4-12(2)11-5)8(14)10-3-7(13)9(15)16/h4,7,13H,3H2,1-2H3,(H,10,14)(H,15,16)/t7-/m0/s1. The van der Waals surface area contributed by atoms with E-state index in [4.69, 9.17) is 10.2 Å². The number of carboxylic acids is 1. The zero-order chi connectivity index (χ0) is 12.3. The number of amides is 1. The Labute approximate surface area is 91.7 Å². The summed E-state index contributed by atoms with van der Waals surface area (Å²) in [5.41, 5.74) is 0.907. The van der Waals surface area contributed by atoms with E-state index < -0.39 is 18.0 Å². The molecule has 1 atom stereocenters. The van der Waals surface area contributed by atoms with Crippen molar-refractivity contribution in [1.82, 2.24) is 15.1 Å². The highest BCUT2D eigenvalue weighted by molar-refractivity contribution is 5.95. The largest absolute Gasteiger partial charge is 0.479 e. The molecule has 0 fully saturated rings. The van der Waals surface area contributed by atoms with Gasteiger partial charge in [-0.1, -0.05) is 0 Å². The van der Waals surface area contributed by atoms with E-state index in [-0.39, 0.29) is 6.54 Å². The number of aliphatic hydroxyl groups is 1. The Morgan fingerprint density at radius 2 is 2.25 bits per heavy atom. The molecular formula is C9H13N3O4. The molecule has 1 rings (SSSR count). The number of aromatic nitrogens is 2. The molecule has 0 aliphatic carbocycles. The third kappa shape index (κ3) is 2.80. The van der Waals surface area contributed by atoms with Crippen molar-refractivity contribution in [2.24, 2.45) is 7.05 Å². The molecule has 0 bridgehead atoms. The lowest BCUT2D eigenvalue weighted by molar-refractivity contribution is -0.146. The van der Waals surface area contributed by atoms with E-state index >= 15 is 0 Å². The quantitative estimate of drug-likeness (QED) is 0.606. The summed E-state index contributed by atoms with van der Waals surface area (Å²) in [7, 11) is 1.68. The molecule has 1 amide bonds. The molecule has 1 aromatic heterocycles. The van der Waals surface area contributed by atoms with Crippen LogP contribution in [0.25, 0.3) is 0 Å². The monoisotopic (exact) mass is 227 g/mol. The van der Waals surface area contributed by atoms with E-state index in [9.17, 15) is 9.59 Å². The first kappa shape index (κ1) is 12.2. The highest BCUT2D eigenvalue weighted by Gasteiger charge is 2.17. The molecule has 0 saturated heterocycles. The van der Waals surface area contributed by atoms with Gasteiger partial charge in [0.2, 0.25) is 0 Å². The smallest absolute Gasteiger partial charge is 0.334 e. The van der Waals surface area contributed by atoms with E-state index in [2.05, 4.69) is 10.4 Å². The van der Waals surface area contributed by atoms with Gasteiger partial charge in [-0.15, -0.1) is 0 Å². The van der Waals surface area contributed by atoms with Gasteiger partial charge in [0.05, 0.1) is 17.8 Å². The molecule has 3 N–H and O–H groups in total. The zero-order valence-electron chi connectivity index (χ0n) is 8.97. The summed E-state index contributed by atoms with van der Waals surface area (Å²) in [5, 5.41) is 23.7. The Kier molecular flexibility index (Phi) is 3.62. The van der Waals surface area contributed by atoms with Crippen LogP contribution in [0.3, 0.4) is 0 Å². The molecule has 1 aromatic rings. The Bertz CT molecular complexity index is 413. The molecule has 7 nitrogen and oxygen atoms in total. The molecule has 0 aliphatic heterocycles. The minimum absolute atomic E-state index is 0.331. The SMILES string of the molecule is Cc1nn(C)cc1C(=O)NC[C@H](O)C(=O)O. The van der Waals surface area contributed by atoms with E-state index in [1.165, 1.54) is 10.9 Å². The highest BCUT2D eigenvalue weighted by Crippen LogP contribution is 2.03. The van der Waals surface area contributed by atoms with E-state index in [0.717, 1.165) is 0 Å². The lowest BCUT2D eigenvalue weighted by Crippen LogP contribution is -2.36. The summed E-state index contributed by atoms with van der Waals surface area (Å²) < 4.78 is 1.48. The van der Waals surface area contributed by atoms with Crippen LogP contribution < -0.4 is 5.32 Å². The fourth-order valence-corrected chi connectivity index (χ4v) is 1.19. The second kappa shape index (κ2) is 4.75. The fraction of sp³-hybridized carbons (Fsp3) is 0.444. The maximum absolute atomic E-state index is 11.5. The molecular weight excluding hydrogens is 214 g/mol. The van der Waals surface area contributed by atoms with Gasteiger partial charge in [0, 0.05) is 13.2 Å². The van der Waals surface area contributed by atoms with Crippen LogP contribution in [0.2, 0.25) is 0 Å². The second-order valence-corrected chi connectivity index (χ2v) is 3.37. The molecule has 7 heteroatoms. The summed E-state index contributed by atoms with van der Waals surface area (Å²) in [5.74, 6) is -1.82. The van der Waals surface area contributed by atoms with Crippen LogP contribution in [0, 0.1) is 6.92 Å². The first-order valence-electron chi connectivity index (χ1n) is 4.61. The molecule has 0 aliphatic rings. The summed E-state index contributed by atoms with van der Waals surface area (Å²) in [6, 6.07) is 0. The summed E-state index contributed by atoms with van der Waals surface area (Å²) in [6.45, 7) is 1.34. The number of carbonyl (C=O) groups excluding carboxylic acids is 1. The van der Waals surface area contributed by atoms with Crippen molar-refractivity contribution in [3.63, 3.8) is 0 Å². The van der Waals surface area contributed by atoms with E-state index in [0.29, 0.717) is 11.3 Å². The van der Waals surface area contributed by atoms with Crippen molar-refractivity contribution in [1.29, 1.82) is 0 Å². The number of aliphatic hydroxyl groups excluding tert-OH is 1. The number of carbonyl (C=O) groups is 2. The van der Waals surface area contributed by atoms with Crippen LogP contribution >= 0.6 is 0 Å². The number of carboxylic acid groups (broad SMARTS) is 1. The van der Waals surface area contributed by atoms with Crippen molar-refractivity contribution >= 4 is 11.9 Å². The average Bonchev–Trinajstić information content (AvgIpc) is 2.53. The van der Waals surface area contributed by atoms with Crippen molar-refractivity contribution in [3.8, 4) is 0 Å². The predicted molar refractivity (Wildman–Crippen MR) is 53.9 cm³/mol. The average molecular weight is 227 g/mol.